The quantitative estimate of drug-likeness (QED) is 0.786. The van der Waals surface area contributed by atoms with E-state index in [1.54, 1.807) is 6.20 Å². The molecule has 0 aliphatic heterocycles. The molecular formula is C18H27N3O2. The van der Waals surface area contributed by atoms with E-state index in [0.717, 1.165) is 16.9 Å². The minimum Gasteiger partial charge on any atom is -0.490 e. The molecule has 5 nitrogen and oxygen atoms in total. The highest BCUT2D eigenvalue weighted by Gasteiger charge is 2.18. The van der Waals surface area contributed by atoms with Crippen LogP contribution in [0.2, 0.25) is 0 Å². The van der Waals surface area contributed by atoms with Crippen LogP contribution >= 0.6 is 0 Å². The molecule has 0 spiro atoms. The minimum absolute atomic E-state index is 0.269. The molecule has 0 aliphatic carbocycles. The summed E-state index contributed by atoms with van der Waals surface area (Å²) in [6.07, 6.45) is 3.06. The number of ether oxygens (including phenoxy) is 1. The van der Waals surface area contributed by atoms with Crippen LogP contribution in [0.1, 0.15) is 27.7 Å². The standard InChI is InChI=1S/C18H27N3O2/c1-13(2)21(14(3)4)11-16(22)12-23-18-8-6-5-7-17(18)15-9-19-20-10-15/h5-10,13-14,16,22H,11-12H2,1-4H3,(H,19,20)/t16-/m1/s1. The Morgan fingerprint density at radius 2 is 1.87 bits per heavy atom. The first-order valence-corrected chi connectivity index (χ1v) is 8.13. The average molecular weight is 317 g/mol. The van der Waals surface area contributed by atoms with E-state index < -0.39 is 6.10 Å². The molecule has 0 saturated carbocycles. The van der Waals surface area contributed by atoms with Crippen molar-refractivity contribution in [3.63, 3.8) is 0 Å². The Hall–Kier alpha value is -1.85. The predicted octanol–water partition coefficient (Wildman–Crippen LogP) is 2.94. The molecule has 23 heavy (non-hydrogen) atoms. The van der Waals surface area contributed by atoms with Gasteiger partial charge in [0.2, 0.25) is 0 Å². The average Bonchev–Trinajstić information content (AvgIpc) is 3.04. The lowest BCUT2D eigenvalue weighted by Crippen LogP contribution is -2.43. The molecule has 2 aromatic rings. The lowest BCUT2D eigenvalue weighted by Gasteiger charge is -2.32. The molecule has 1 atom stereocenters. The molecule has 0 aliphatic rings. The van der Waals surface area contributed by atoms with Crippen LogP contribution in [0.3, 0.4) is 0 Å². The molecule has 1 aromatic heterocycles. The number of aromatic amines is 1. The fourth-order valence-electron chi connectivity index (χ4n) is 2.73. The predicted molar refractivity (Wildman–Crippen MR) is 92.5 cm³/mol. The Morgan fingerprint density at radius 3 is 2.48 bits per heavy atom. The number of H-pyrrole nitrogens is 1. The van der Waals surface area contributed by atoms with Gasteiger partial charge in [-0.1, -0.05) is 18.2 Å². The number of aliphatic hydroxyl groups excluding tert-OH is 1. The number of nitrogens with zero attached hydrogens (tertiary/aromatic N) is 2. The van der Waals surface area contributed by atoms with Crippen molar-refractivity contribution < 1.29 is 9.84 Å². The molecule has 2 rings (SSSR count). The van der Waals surface area contributed by atoms with Gasteiger partial charge in [-0.15, -0.1) is 0 Å². The summed E-state index contributed by atoms with van der Waals surface area (Å²) in [6, 6.07) is 8.58. The highest BCUT2D eigenvalue weighted by atomic mass is 16.5. The summed E-state index contributed by atoms with van der Waals surface area (Å²) in [5.41, 5.74) is 1.94. The number of para-hydroxylation sites is 1. The zero-order valence-corrected chi connectivity index (χ0v) is 14.4. The van der Waals surface area contributed by atoms with E-state index in [2.05, 4.69) is 42.8 Å². The van der Waals surface area contributed by atoms with Crippen molar-refractivity contribution in [2.75, 3.05) is 13.2 Å². The van der Waals surface area contributed by atoms with Crippen LogP contribution in [0.4, 0.5) is 0 Å². The Labute approximate surface area is 138 Å². The molecule has 0 saturated heterocycles. The zero-order valence-electron chi connectivity index (χ0n) is 14.4. The van der Waals surface area contributed by atoms with E-state index in [9.17, 15) is 5.11 Å². The molecule has 0 amide bonds. The second-order valence-electron chi connectivity index (χ2n) is 6.33. The molecule has 1 heterocycles. The third-order valence-corrected chi connectivity index (χ3v) is 3.88. The lowest BCUT2D eigenvalue weighted by atomic mass is 10.1. The number of rotatable bonds is 8. The van der Waals surface area contributed by atoms with Gasteiger partial charge in [0, 0.05) is 36.0 Å². The van der Waals surface area contributed by atoms with Gasteiger partial charge >= 0.3 is 0 Å². The Kier molecular flexibility index (Phi) is 6.19. The maximum Gasteiger partial charge on any atom is 0.127 e. The highest BCUT2D eigenvalue weighted by Crippen LogP contribution is 2.28. The normalized spacial score (nSPS) is 13.0. The van der Waals surface area contributed by atoms with Crippen LogP contribution in [0.15, 0.2) is 36.7 Å². The van der Waals surface area contributed by atoms with E-state index in [1.165, 1.54) is 0 Å². The van der Waals surface area contributed by atoms with Crippen LogP contribution in [-0.2, 0) is 0 Å². The van der Waals surface area contributed by atoms with Crippen LogP contribution < -0.4 is 4.74 Å². The molecule has 1 aromatic carbocycles. The number of aliphatic hydroxyl groups is 1. The van der Waals surface area contributed by atoms with E-state index in [4.69, 9.17) is 4.74 Å². The number of hydrogen-bond acceptors (Lipinski definition) is 4. The number of hydrogen-bond donors (Lipinski definition) is 2. The van der Waals surface area contributed by atoms with Gasteiger partial charge in [0.1, 0.15) is 18.5 Å². The zero-order chi connectivity index (χ0) is 16.8. The van der Waals surface area contributed by atoms with Crippen molar-refractivity contribution in [3.8, 4) is 16.9 Å². The summed E-state index contributed by atoms with van der Waals surface area (Å²) in [5, 5.41) is 17.1. The molecule has 0 fully saturated rings. The first-order valence-electron chi connectivity index (χ1n) is 8.13. The molecule has 0 bridgehead atoms. The maximum absolute atomic E-state index is 10.3. The van der Waals surface area contributed by atoms with Gasteiger partial charge in [-0.25, -0.2) is 0 Å². The van der Waals surface area contributed by atoms with Crippen molar-refractivity contribution >= 4 is 0 Å². The van der Waals surface area contributed by atoms with Gasteiger partial charge in [0.15, 0.2) is 0 Å². The molecule has 126 valence electrons. The van der Waals surface area contributed by atoms with Crippen molar-refractivity contribution in [2.45, 2.75) is 45.9 Å². The first kappa shape index (κ1) is 17.5. The topological polar surface area (TPSA) is 61.4 Å². The van der Waals surface area contributed by atoms with Crippen LogP contribution in [0.5, 0.6) is 5.75 Å². The van der Waals surface area contributed by atoms with Crippen molar-refractivity contribution in [3.05, 3.63) is 36.7 Å². The van der Waals surface area contributed by atoms with Crippen LogP contribution in [-0.4, -0.2) is 51.5 Å². The van der Waals surface area contributed by atoms with Gasteiger partial charge in [-0.3, -0.25) is 10.00 Å². The van der Waals surface area contributed by atoms with Crippen molar-refractivity contribution in [2.24, 2.45) is 0 Å². The summed E-state index contributed by atoms with van der Waals surface area (Å²) in [6.45, 7) is 9.43. The smallest absolute Gasteiger partial charge is 0.127 e. The second kappa shape index (κ2) is 8.13. The minimum atomic E-state index is -0.530. The number of nitrogens with one attached hydrogen (secondary N) is 1. The molecule has 2 N–H and O–H groups in total. The van der Waals surface area contributed by atoms with E-state index >= 15 is 0 Å². The Balaban J connectivity index is 1.98. The van der Waals surface area contributed by atoms with Gasteiger partial charge in [-0.2, -0.15) is 5.10 Å². The van der Waals surface area contributed by atoms with Crippen molar-refractivity contribution in [1.29, 1.82) is 0 Å². The number of aromatic nitrogens is 2. The van der Waals surface area contributed by atoms with Gasteiger partial charge in [0.05, 0.1) is 6.20 Å². The fourth-order valence-corrected chi connectivity index (χ4v) is 2.73. The summed E-state index contributed by atoms with van der Waals surface area (Å²) in [5.74, 6) is 0.758. The fraction of sp³-hybridized carbons (Fsp3) is 0.500. The Morgan fingerprint density at radius 1 is 1.17 bits per heavy atom. The largest absolute Gasteiger partial charge is 0.490 e. The van der Waals surface area contributed by atoms with Crippen molar-refractivity contribution in [1.82, 2.24) is 15.1 Å². The monoisotopic (exact) mass is 317 g/mol. The maximum atomic E-state index is 10.3. The highest BCUT2D eigenvalue weighted by molar-refractivity contribution is 5.68. The van der Waals surface area contributed by atoms with Crippen LogP contribution in [0.25, 0.3) is 11.1 Å². The SMILES string of the molecule is CC(C)N(C[C@@H](O)COc1ccccc1-c1cn[nH]c1)C(C)C. The summed E-state index contributed by atoms with van der Waals surface area (Å²) >= 11 is 0. The molecule has 0 unspecified atom stereocenters. The van der Waals surface area contributed by atoms with E-state index in [-0.39, 0.29) is 6.61 Å². The second-order valence-corrected chi connectivity index (χ2v) is 6.33. The Bertz CT molecular complexity index is 574. The van der Waals surface area contributed by atoms with Gasteiger partial charge in [0.25, 0.3) is 0 Å². The van der Waals surface area contributed by atoms with Crippen LogP contribution in [0, 0.1) is 0 Å². The third kappa shape index (κ3) is 4.81. The lowest BCUT2D eigenvalue weighted by molar-refractivity contribution is 0.0447. The van der Waals surface area contributed by atoms with Gasteiger partial charge in [-0.05, 0) is 33.8 Å². The molecular weight excluding hydrogens is 290 g/mol. The summed E-state index contributed by atoms with van der Waals surface area (Å²) in [4.78, 5) is 2.26. The van der Waals surface area contributed by atoms with E-state index in [0.29, 0.717) is 18.6 Å². The summed E-state index contributed by atoms with van der Waals surface area (Å²) in [7, 11) is 0. The molecule has 0 radical (unpaired) electrons. The number of benzene rings is 1. The third-order valence-electron chi connectivity index (χ3n) is 3.88. The molecule has 5 heteroatoms. The first-order chi connectivity index (χ1) is 11.0. The van der Waals surface area contributed by atoms with Gasteiger partial charge < -0.3 is 9.84 Å². The van der Waals surface area contributed by atoms with E-state index in [1.807, 2.05) is 30.5 Å². The summed E-state index contributed by atoms with van der Waals surface area (Å²) < 4.78 is 5.86.